The summed E-state index contributed by atoms with van der Waals surface area (Å²) >= 11 is 13.5. The Morgan fingerprint density at radius 1 is 1.37 bits per heavy atom. The predicted molar refractivity (Wildman–Crippen MR) is 81.3 cm³/mol. The molecule has 1 aromatic heterocycles. The molecule has 1 heterocycles. The van der Waals surface area contributed by atoms with Gasteiger partial charge in [0.1, 0.15) is 5.15 Å². The van der Waals surface area contributed by atoms with Crippen LogP contribution in [0.3, 0.4) is 0 Å². The van der Waals surface area contributed by atoms with Crippen molar-refractivity contribution in [2.75, 3.05) is 6.26 Å². The standard InChI is InChI=1S/C13H16Cl2N2OS/c1-19-10-4-2-9(3-5-10)17-13(18)8-6-11(14)12(15)16-7-8/h6-7,9-10H,2-5H2,1H3,(H,17,18). The second-order valence-electron chi connectivity index (χ2n) is 4.68. The predicted octanol–water partition coefficient (Wildman–Crippen LogP) is 3.79. The van der Waals surface area contributed by atoms with Crippen LogP contribution in [0, 0.1) is 0 Å². The lowest BCUT2D eigenvalue weighted by molar-refractivity contribution is 0.0928. The molecule has 2 rings (SSSR count). The highest BCUT2D eigenvalue weighted by Gasteiger charge is 2.22. The maximum atomic E-state index is 12.1. The zero-order valence-electron chi connectivity index (χ0n) is 10.7. The summed E-state index contributed by atoms with van der Waals surface area (Å²) in [6, 6.07) is 1.81. The highest BCUT2D eigenvalue weighted by Crippen LogP contribution is 2.27. The van der Waals surface area contributed by atoms with E-state index in [0.717, 1.165) is 30.9 Å². The third kappa shape index (κ3) is 4.01. The fourth-order valence-electron chi connectivity index (χ4n) is 2.26. The number of halogens is 2. The summed E-state index contributed by atoms with van der Waals surface area (Å²) in [6.45, 7) is 0. The van der Waals surface area contributed by atoms with Crippen molar-refractivity contribution in [3.05, 3.63) is 28.0 Å². The molecule has 0 radical (unpaired) electrons. The van der Waals surface area contributed by atoms with E-state index in [1.165, 1.54) is 6.20 Å². The first-order valence-electron chi connectivity index (χ1n) is 6.25. The van der Waals surface area contributed by atoms with E-state index < -0.39 is 0 Å². The number of aromatic nitrogens is 1. The molecule has 3 nitrogen and oxygen atoms in total. The monoisotopic (exact) mass is 318 g/mol. The van der Waals surface area contributed by atoms with Crippen LogP contribution in [0.15, 0.2) is 12.3 Å². The van der Waals surface area contributed by atoms with E-state index in [0.29, 0.717) is 10.6 Å². The minimum absolute atomic E-state index is 0.126. The molecular formula is C13H16Cl2N2OS. The summed E-state index contributed by atoms with van der Waals surface area (Å²) in [7, 11) is 0. The van der Waals surface area contributed by atoms with Crippen molar-refractivity contribution in [2.45, 2.75) is 37.0 Å². The van der Waals surface area contributed by atoms with Gasteiger partial charge in [-0.05, 0) is 38.0 Å². The van der Waals surface area contributed by atoms with Gasteiger partial charge in [0, 0.05) is 17.5 Å². The van der Waals surface area contributed by atoms with Gasteiger partial charge >= 0.3 is 0 Å². The number of carbonyl (C=O) groups excluding carboxylic acids is 1. The smallest absolute Gasteiger partial charge is 0.253 e. The second kappa shape index (κ2) is 6.82. The Kier molecular flexibility index (Phi) is 5.37. The third-order valence-corrected chi connectivity index (χ3v) is 5.23. The fraction of sp³-hybridized carbons (Fsp3) is 0.538. The molecule has 0 spiro atoms. The summed E-state index contributed by atoms with van der Waals surface area (Å²) in [5.74, 6) is -0.126. The average Bonchev–Trinajstić information content (AvgIpc) is 2.42. The lowest BCUT2D eigenvalue weighted by Crippen LogP contribution is -2.38. The highest BCUT2D eigenvalue weighted by molar-refractivity contribution is 7.99. The molecule has 1 N–H and O–H groups in total. The Balaban J connectivity index is 1.92. The van der Waals surface area contributed by atoms with Crippen LogP contribution < -0.4 is 5.32 Å². The van der Waals surface area contributed by atoms with Crippen molar-refractivity contribution in [3.63, 3.8) is 0 Å². The van der Waals surface area contributed by atoms with Crippen molar-refractivity contribution in [1.29, 1.82) is 0 Å². The van der Waals surface area contributed by atoms with E-state index in [1.54, 1.807) is 6.07 Å². The van der Waals surface area contributed by atoms with Gasteiger partial charge < -0.3 is 5.32 Å². The molecule has 0 saturated heterocycles. The molecule has 0 atom stereocenters. The lowest BCUT2D eigenvalue weighted by atomic mass is 9.95. The number of hydrogen-bond acceptors (Lipinski definition) is 3. The molecule has 1 fully saturated rings. The average molecular weight is 319 g/mol. The number of carbonyl (C=O) groups is 1. The summed E-state index contributed by atoms with van der Waals surface area (Å²) in [6.07, 6.45) is 7.98. The van der Waals surface area contributed by atoms with E-state index in [-0.39, 0.29) is 17.1 Å². The molecule has 0 aromatic carbocycles. The Labute approximate surface area is 127 Å². The van der Waals surface area contributed by atoms with Crippen molar-refractivity contribution in [2.24, 2.45) is 0 Å². The number of nitrogens with zero attached hydrogens (tertiary/aromatic N) is 1. The Morgan fingerprint density at radius 2 is 2.05 bits per heavy atom. The summed E-state index contributed by atoms with van der Waals surface area (Å²) in [5.41, 5.74) is 0.460. The Morgan fingerprint density at radius 3 is 2.63 bits per heavy atom. The topological polar surface area (TPSA) is 42.0 Å². The maximum Gasteiger partial charge on any atom is 0.253 e. The number of thioether (sulfide) groups is 1. The lowest BCUT2D eigenvalue weighted by Gasteiger charge is -2.28. The van der Waals surface area contributed by atoms with Gasteiger partial charge in [-0.3, -0.25) is 4.79 Å². The highest BCUT2D eigenvalue weighted by atomic mass is 35.5. The second-order valence-corrected chi connectivity index (χ2v) is 6.58. The van der Waals surface area contributed by atoms with Gasteiger partial charge in [-0.25, -0.2) is 4.98 Å². The van der Waals surface area contributed by atoms with Crippen LogP contribution in [0.2, 0.25) is 10.2 Å². The van der Waals surface area contributed by atoms with Crippen molar-refractivity contribution < 1.29 is 4.79 Å². The molecule has 104 valence electrons. The van der Waals surface area contributed by atoms with Crippen LogP contribution in [0.25, 0.3) is 0 Å². The summed E-state index contributed by atoms with van der Waals surface area (Å²) < 4.78 is 0. The van der Waals surface area contributed by atoms with Crippen LogP contribution in [0.1, 0.15) is 36.0 Å². The number of nitrogens with one attached hydrogen (secondary N) is 1. The zero-order valence-corrected chi connectivity index (χ0v) is 13.0. The minimum Gasteiger partial charge on any atom is -0.349 e. The summed E-state index contributed by atoms with van der Waals surface area (Å²) in [5, 5.41) is 4.30. The molecule has 19 heavy (non-hydrogen) atoms. The quantitative estimate of drug-likeness (QED) is 0.862. The molecule has 0 aliphatic heterocycles. The first-order chi connectivity index (χ1) is 9.10. The molecule has 1 aromatic rings. The van der Waals surface area contributed by atoms with Gasteiger partial charge in [0.15, 0.2) is 0 Å². The molecule has 1 aliphatic carbocycles. The zero-order chi connectivity index (χ0) is 13.8. The Bertz CT molecular complexity index is 462. The van der Waals surface area contributed by atoms with Crippen LogP contribution in [-0.4, -0.2) is 28.4 Å². The van der Waals surface area contributed by atoms with Crippen molar-refractivity contribution >= 4 is 40.9 Å². The molecule has 0 bridgehead atoms. The van der Waals surface area contributed by atoms with E-state index in [1.807, 2.05) is 11.8 Å². The third-order valence-electron chi connectivity index (χ3n) is 3.40. The molecule has 1 saturated carbocycles. The normalized spacial score (nSPS) is 23.1. The Hall–Kier alpha value is -0.450. The van der Waals surface area contributed by atoms with E-state index in [2.05, 4.69) is 16.6 Å². The fourth-order valence-corrected chi connectivity index (χ4v) is 3.27. The van der Waals surface area contributed by atoms with E-state index in [9.17, 15) is 4.79 Å². The summed E-state index contributed by atoms with van der Waals surface area (Å²) in [4.78, 5) is 16.0. The van der Waals surface area contributed by atoms with Crippen LogP contribution in [0.5, 0.6) is 0 Å². The van der Waals surface area contributed by atoms with Gasteiger partial charge in [0.2, 0.25) is 0 Å². The molecule has 1 amide bonds. The molecular weight excluding hydrogens is 303 g/mol. The van der Waals surface area contributed by atoms with Gasteiger partial charge in [0.05, 0.1) is 10.6 Å². The minimum atomic E-state index is -0.126. The number of hydrogen-bond donors (Lipinski definition) is 1. The number of amides is 1. The van der Waals surface area contributed by atoms with Crippen LogP contribution in [-0.2, 0) is 0 Å². The molecule has 0 unspecified atom stereocenters. The van der Waals surface area contributed by atoms with Gasteiger partial charge in [-0.2, -0.15) is 11.8 Å². The molecule has 1 aliphatic rings. The van der Waals surface area contributed by atoms with Crippen LogP contribution in [0.4, 0.5) is 0 Å². The van der Waals surface area contributed by atoms with Crippen molar-refractivity contribution in [3.8, 4) is 0 Å². The number of pyridine rings is 1. The van der Waals surface area contributed by atoms with Gasteiger partial charge in [-0.1, -0.05) is 23.2 Å². The van der Waals surface area contributed by atoms with Gasteiger partial charge in [-0.15, -0.1) is 0 Å². The largest absolute Gasteiger partial charge is 0.349 e. The number of rotatable bonds is 3. The molecule has 6 heteroatoms. The maximum absolute atomic E-state index is 12.1. The first kappa shape index (κ1) is 14.9. The SMILES string of the molecule is CSC1CCC(NC(=O)c2cnc(Cl)c(Cl)c2)CC1. The first-order valence-corrected chi connectivity index (χ1v) is 8.29. The van der Waals surface area contributed by atoms with E-state index >= 15 is 0 Å². The van der Waals surface area contributed by atoms with Gasteiger partial charge in [0.25, 0.3) is 5.91 Å². The van der Waals surface area contributed by atoms with Crippen molar-refractivity contribution in [1.82, 2.24) is 10.3 Å². The van der Waals surface area contributed by atoms with Crippen LogP contribution >= 0.6 is 35.0 Å². The van der Waals surface area contributed by atoms with E-state index in [4.69, 9.17) is 23.2 Å².